The number of carbonyl (C=O) groups is 2. The van der Waals surface area contributed by atoms with E-state index in [1.54, 1.807) is 0 Å². The van der Waals surface area contributed by atoms with Crippen molar-refractivity contribution in [3.63, 3.8) is 0 Å². The van der Waals surface area contributed by atoms with Crippen LogP contribution in [0.2, 0.25) is 0 Å². The van der Waals surface area contributed by atoms with Gasteiger partial charge in [-0.1, -0.05) is 230 Å². The van der Waals surface area contributed by atoms with Crippen molar-refractivity contribution in [3.8, 4) is 0 Å². The van der Waals surface area contributed by atoms with Gasteiger partial charge in [0.05, 0.1) is 27.7 Å². The molecule has 0 aliphatic carbocycles. The number of ether oxygens (including phenoxy) is 2. The summed E-state index contributed by atoms with van der Waals surface area (Å²) in [7, 11) is 1.48. The van der Waals surface area contributed by atoms with Crippen LogP contribution in [0, 0.1) is 0 Å². The molecule has 0 spiro atoms. The quantitative estimate of drug-likeness (QED) is 0.0211. The SMILES string of the molecule is CCCCCCC/C=C\C/C=C\C/C=C\CCCCCCCCC(=O)OC(COC(=O)CCCCCCCCCCCCCCCCCCCCCCC)COP(=O)(O)OCC[N+](C)(C)C. The van der Waals surface area contributed by atoms with Crippen LogP contribution in [0.25, 0.3) is 0 Å². The van der Waals surface area contributed by atoms with E-state index in [1.165, 1.54) is 154 Å². The van der Waals surface area contributed by atoms with Crippen LogP contribution >= 0.6 is 7.82 Å². The topological polar surface area (TPSA) is 108 Å². The molecule has 0 saturated heterocycles. The van der Waals surface area contributed by atoms with E-state index in [0.717, 1.165) is 70.6 Å². The van der Waals surface area contributed by atoms with Gasteiger partial charge in [-0.2, -0.15) is 0 Å². The predicted molar refractivity (Wildman–Crippen MR) is 280 cm³/mol. The molecular weight excluding hydrogens is 846 g/mol. The van der Waals surface area contributed by atoms with Gasteiger partial charge in [0.1, 0.15) is 19.8 Å². The lowest BCUT2D eigenvalue weighted by Gasteiger charge is -2.24. The molecule has 0 rings (SSSR count). The van der Waals surface area contributed by atoms with Crippen LogP contribution in [-0.4, -0.2) is 74.9 Å². The van der Waals surface area contributed by atoms with Crippen molar-refractivity contribution in [1.82, 2.24) is 0 Å². The highest BCUT2D eigenvalue weighted by Gasteiger charge is 2.27. The molecule has 0 radical (unpaired) electrons. The average molecular weight is 953 g/mol. The van der Waals surface area contributed by atoms with E-state index in [2.05, 4.69) is 50.3 Å². The standard InChI is InChI=1S/C56H106NO8P/c1-6-8-10-12-14-16-18-20-22-24-26-28-30-32-34-36-38-40-42-44-46-48-55(58)62-52-54(53-64-66(60,61)63-51-50-57(3,4)5)65-56(59)49-47-45-43-41-39-37-35-33-31-29-27-25-23-21-19-17-15-13-11-9-7-2/h19,21,25,27,31,33,54H,6-18,20,22-24,26,28-30,32,34-53H2,1-5H3/p+1/b21-19-,27-25-,33-31-. The van der Waals surface area contributed by atoms with Gasteiger partial charge in [0.2, 0.25) is 0 Å². The number of carbonyl (C=O) groups excluding carboxylic acids is 2. The summed E-state index contributed by atoms with van der Waals surface area (Å²) in [4.78, 5) is 35.6. The molecule has 2 atom stereocenters. The second-order valence-corrected chi connectivity index (χ2v) is 21.4. The van der Waals surface area contributed by atoms with Crippen molar-refractivity contribution in [2.24, 2.45) is 0 Å². The van der Waals surface area contributed by atoms with Crippen LogP contribution in [0.15, 0.2) is 36.5 Å². The summed E-state index contributed by atoms with van der Waals surface area (Å²) >= 11 is 0. The van der Waals surface area contributed by atoms with E-state index in [-0.39, 0.29) is 32.0 Å². The van der Waals surface area contributed by atoms with E-state index in [4.69, 9.17) is 18.5 Å². The lowest BCUT2D eigenvalue weighted by molar-refractivity contribution is -0.870. The van der Waals surface area contributed by atoms with Gasteiger partial charge in [-0.15, -0.1) is 0 Å². The fourth-order valence-corrected chi connectivity index (χ4v) is 8.59. The van der Waals surface area contributed by atoms with Gasteiger partial charge in [0.25, 0.3) is 0 Å². The maximum absolute atomic E-state index is 12.8. The van der Waals surface area contributed by atoms with E-state index >= 15 is 0 Å². The number of esters is 2. The minimum atomic E-state index is -4.39. The zero-order chi connectivity index (χ0) is 48.5. The third-order valence-electron chi connectivity index (χ3n) is 12.2. The van der Waals surface area contributed by atoms with Crippen molar-refractivity contribution in [2.45, 2.75) is 264 Å². The number of phosphoric acid groups is 1. The Bertz CT molecular complexity index is 1210. The van der Waals surface area contributed by atoms with Gasteiger partial charge in [0, 0.05) is 12.8 Å². The Morgan fingerprint density at radius 2 is 0.818 bits per heavy atom. The third-order valence-corrected chi connectivity index (χ3v) is 13.2. The summed E-state index contributed by atoms with van der Waals surface area (Å²) in [6.07, 6.45) is 57.7. The highest BCUT2D eigenvalue weighted by atomic mass is 31.2. The van der Waals surface area contributed by atoms with Gasteiger partial charge in [-0.3, -0.25) is 18.6 Å². The number of quaternary nitrogens is 1. The normalized spacial score (nSPS) is 13.6. The summed E-state index contributed by atoms with van der Waals surface area (Å²) in [6, 6.07) is 0. The van der Waals surface area contributed by atoms with Crippen molar-refractivity contribution in [1.29, 1.82) is 0 Å². The Morgan fingerprint density at radius 3 is 1.21 bits per heavy atom. The van der Waals surface area contributed by atoms with E-state index in [0.29, 0.717) is 17.4 Å². The maximum Gasteiger partial charge on any atom is 0.472 e. The molecule has 0 aliphatic rings. The number of allylic oxidation sites excluding steroid dienone is 6. The van der Waals surface area contributed by atoms with Crippen LogP contribution in [0.1, 0.15) is 258 Å². The summed E-state index contributed by atoms with van der Waals surface area (Å²) < 4.78 is 34.5. The molecule has 0 aliphatic heterocycles. The molecule has 0 aromatic heterocycles. The van der Waals surface area contributed by atoms with E-state index < -0.39 is 26.5 Å². The molecule has 2 unspecified atom stereocenters. The molecule has 0 aromatic carbocycles. The van der Waals surface area contributed by atoms with Crippen LogP contribution in [0.4, 0.5) is 0 Å². The molecular formula is C56H107NO8P+. The molecule has 0 saturated carbocycles. The van der Waals surface area contributed by atoms with Crippen LogP contribution in [-0.2, 0) is 32.7 Å². The van der Waals surface area contributed by atoms with Gasteiger partial charge in [0.15, 0.2) is 6.10 Å². The average Bonchev–Trinajstić information content (AvgIpc) is 3.27. The third kappa shape index (κ3) is 51.6. The Morgan fingerprint density at radius 1 is 0.470 bits per heavy atom. The van der Waals surface area contributed by atoms with Crippen molar-refractivity contribution in [2.75, 3.05) is 47.5 Å². The number of hydrogen-bond donors (Lipinski definition) is 1. The molecule has 0 fully saturated rings. The Labute approximate surface area is 408 Å². The molecule has 10 heteroatoms. The molecule has 0 heterocycles. The molecule has 9 nitrogen and oxygen atoms in total. The minimum Gasteiger partial charge on any atom is -0.462 e. The molecule has 0 aromatic rings. The van der Waals surface area contributed by atoms with Gasteiger partial charge >= 0.3 is 19.8 Å². The first-order valence-electron chi connectivity index (χ1n) is 27.7. The molecule has 0 amide bonds. The van der Waals surface area contributed by atoms with Crippen LogP contribution in [0.3, 0.4) is 0 Å². The second-order valence-electron chi connectivity index (χ2n) is 20.0. The Kier molecular flexibility index (Phi) is 47.0. The zero-order valence-corrected chi connectivity index (χ0v) is 44.8. The first-order chi connectivity index (χ1) is 32.0. The van der Waals surface area contributed by atoms with E-state index in [9.17, 15) is 19.0 Å². The first-order valence-corrected chi connectivity index (χ1v) is 29.2. The fraction of sp³-hybridized carbons (Fsp3) is 0.857. The smallest absolute Gasteiger partial charge is 0.462 e. The zero-order valence-electron chi connectivity index (χ0n) is 43.9. The van der Waals surface area contributed by atoms with E-state index in [1.807, 2.05) is 21.1 Å². The summed E-state index contributed by atoms with van der Waals surface area (Å²) in [5.74, 6) is -0.801. The molecule has 388 valence electrons. The number of rotatable bonds is 51. The molecule has 1 N–H and O–H groups in total. The second kappa shape index (κ2) is 48.3. The largest absolute Gasteiger partial charge is 0.472 e. The summed E-state index contributed by atoms with van der Waals surface area (Å²) in [5.41, 5.74) is 0. The Balaban J connectivity index is 4.21. The molecule has 0 bridgehead atoms. The highest BCUT2D eigenvalue weighted by Crippen LogP contribution is 2.43. The van der Waals surface area contributed by atoms with Crippen molar-refractivity contribution >= 4 is 19.8 Å². The number of unbranched alkanes of at least 4 members (excludes halogenated alkanes) is 31. The number of likely N-dealkylation sites (N-methyl/N-ethyl adjacent to an activating group) is 1. The lowest BCUT2D eigenvalue weighted by atomic mass is 10.0. The minimum absolute atomic E-state index is 0.0299. The van der Waals surface area contributed by atoms with Gasteiger partial charge in [-0.25, -0.2) is 4.57 Å². The molecule has 66 heavy (non-hydrogen) atoms. The number of nitrogens with zero attached hydrogens (tertiary/aromatic N) is 1. The highest BCUT2D eigenvalue weighted by molar-refractivity contribution is 7.47. The van der Waals surface area contributed by atoms with Crippen molar-refractivity contribution < 1.29 is 42.1 Å². The number of phosphoric ester groups is 1. The van der Waals surface area contributed by atoms with Crippen LogP contribution < -0.4 is 0 Å². The van der Waals surface area contributed by atoms with Gasteiger partial charge in [-0.05, 0) is 51.4 Å². The van der Waals surface area contributed by atoms with Crippen molar-refractivity contribution in [3.05, 3.63) is 36.5 Å². The van der Waals surface area contributed by atoms with Crippen LogP contribution in [0.5, 0.6) is 0 Å². The Hall–Kier alpha value is -1.77. The summed E-state index contributed by atoms with van der Waals surface area (Å²) in [5, 5.41) is 0. The lowest BCUT2D eigenvalue weighted by Crippen LogP contribution is -2.37. The predicted octanol–water partition coefficient (Wildman–Crippen LogP) is 16.8. The number of hydrogen-bond acceptors (Lipinski definition) is 7. The summed E-state index contributed by atoms with van der Waals surface area (Å²) in [6.45, 7) is 4.44. The first kappa shape index (κ1) is 64.2. The monoisotopic (exact) mass is 953 g/mol. The maximum atomic E-state index is 12.8. The fourth-order valence-electron chi connectivity index (χ4n) is 7.85. The van der Waals surface area contributed by atoms with Gasteiger partial charge < -0.3 is 18.9 Å².